The standard InChI is InChI=1S/C11H14BrNO/c1-14-11-7-13(8-11)6-9-3-2-4-10(12)5-9/h2-5,11H,6-8H2,1H3. The Kier molecular flexibility index (Phi) is 3.21. The fourth-order valence-electron chi connectivity index (χ4n) is 1.69. The van der Waals surface area contributed by atoms with E-state index in [0.29, 0.717) is 6.10 Å². The van der Waals surface area contributed by atoms with Crippen LogP contribution in [0.15, 0.2) is 28.7 Å². The van der Waals surface area contributed by atoms with Gasteiger partial charge in [-0.3, -0.25) is 4.90 Å². The van der Waals surface area contributed by atoms with Gasteiger partial charge in [0.25, 0.3) is 0 Å². The van der Waals surface area contributed by atoms with Crippen molar-refractivity contribution in [3.63, 3.8) is 0 Å². The minimum Gasteiger partial charge on any atom is -0.379 e. The van der Waals surface area contributed by atoms with Crippen molar-refractivity contribution in [3.05, 3.63) is 34.3 Å². The topological polar surface area (TPSA) is 12.5 Å². The molecule has 0 saturated carbocycles. The molecule has 0 aromatic heterocycles. The maximum atomic E-state index is 5.23. The second-order valence-electron chi connectivity index (χ2n) is 3.68. The van der Waals surface area contributed by atoms with E-state index in [0.717, 1.165) is 24.1 Å². The molecular formula is C11H14BrNO. The molecule has 1 saturated heterocycles. The first-order valence-electron chi connectivity index (χ1n) is 4.77. The van der Waals surface area contributed by atoms with Gasteiger partial charge in [-0.25, -0.2) is 0 Å². The van der Waals surface area contributed by atoms with Gasteiger partial charge in [0.2, 0.25) is 0 Å². The van der Waals surface area contributed by atoms with E-state index in [9.17, 15) is 0 Å². The molecule has 1 fully saturated rings. The van der Waals surface area contributed by atoms with Crippen LogP contribution in [0.2, 0.25) is 0 Å². The molecule has 1 aromatic carbocycles. The molecule has 1 aromatic rings. The first kappa shape index (κ1) is 10.1. The summed E-state index contributed by atoms with van der Waals surface area (Å²) in [5.74, 6) is 0. The van der Waals surface area contributed by atoms with E-state index in [1.54, 1.807) is 7.11 Å². The molecule has 0 unspecified atom stereocenters. The quantitative estimate of drug-likeness (QED) is 0.822. The van der Waals surface area contributed by atoms with Gasteiger partial charge in [0, 0.05) is 31.2 Å². The van der Waals surface area contributed by atoms with Crippen LogP contribution >= 0.6 is 15.9 Å². The second-order valence-corrected chi connectivity index (χ2v) is 4.60. The van der Waals surface area contributed by atoms with Gasteiger partial charge in [-0.2, -0.15) is 0 Å². The fourth-order valence-corrected chi connectivity index (χ4v) is 2.14. The zero-order valence-corrected chi connectivity index (χ0v) is 9.83. The van der Waals surface area contributed by atoms with Crippen molar-refractivity contribution in [3.8, 4) is 0 Å². The molecule has 3 heteroatoms. The highest BCUT2D eigenvalue weighted by molar-refractivity contribution is 9.10. The van der Waals surface area contributed by atoms with E-state index >= 15 is 0 Å². The zero-order valence-electron chi connectivity index (χ0n) is 8.24. The molecule has 2 rings (SSSR count). The number of hydrogen-bond donors (Lipinski definition) is 0. The van der Waals surface area contributed by atoms with Gasteiger partial charge in [0.15, 0.2) is 0 Å². The molecule has 1 heterocycles. The molecule has 0 radical (unpaired) electrons. The van der Waals surface area contributed by atoms with Crippen molar-refractivity contribution in [2.75, 3.05) is 20.2 Å². The number of hydrogen-bond acceptors (Lipinski definition) is 2. The molecule has 0 atom stereocenters. The van der Waals surface area contributed by atoms with Crippen LogP contribution < -0.4 is 0 Å². The lowest BCUT2D eigenvalue weighted by Gasteiger charge is -2.38. The SMILES string of the molecule is COC1CN(Cc2cccc(Br)c2)C1. The summed E-state index contributed by atoms with van der Waals surface area (Å²) >= 11 is 3.47. The summed E-state index contributed by atoms with van der Waals surface area (Å²) in [6, 6.07) is 8.45. The van der Waals surface area contributed by atoms with Gasteiger partial charge in [0.1, 0.15) is 0 Å². The number of nitrogens with zero attached hydrogens (tertiary/aromatic N) is 1. The Morgan fingerprint density at radius 1 is 1.50 bits per heavy atom. The number of benzene rings is 1. The van der Waals surface area contributed by atoms with E-state index in [-0.39, 0.29) is 0 Å². The predicted octanol–water partition coefficient (Wildman–Crippen LogP) is 2.28. The Labute approximate surface area is 93.0 Å². The smallest absolute Gasteiger partial charge is 0.0825 e. The molecule has 0 amide bonds. The number of likely N-dealkylation sites (tertiary alicyclic amines) is 1. The molecule has 0 N–H and O–H groups in total. The first-order chi connectivity index (χ1) is 6.78. The number of methoxy groups -OCH3 is 1. The van der Waals surface area contributed by atoms with Crippen LogP contribution in [0.3, 0.4) is 0 Å². The minimum absolute atomic E-state index is 0.446. The highest BCUT2D eigenvalue weighted by atomic mass is 79.9. The fraction of sp³-hybridized carbons (Fsp3) is 0.455. The van der Waals surface area contributed by atoms with Gasteiger partial charge in [0.05, 0.1) is 6.10 Å². The molecule has 14 heavy (non-hydrogen) atoms. The third-order valence-electron chi connectivity index (χ3n) is 2.55. The summed E-state index contributed by atoms with van der Waals surface area (Å²) in [6.45, 7) is 3.14. The molecule has 0 spiro atoms. The van der Waals surface area contributed by atoms with Crippen LogP contribution in [-0.4, -0.2) is 31.2 Å². The lowest BCUT2D eigenvalue weighted by molar-refractivity contribution is -0.0334. The van der Waals surface area contributed by atoms with Gasteiger partial charge in [-0.15, -0.1) is 0 Å². The lowest BCUT2D eigenvalue weighted by atomic mass is 10.1. The van der Waals surface area contributed by atoms with E-state index in [1.807, 2.05) is 0 Å². The summed E-state index contributed by atoms with van der Waals surface area (Å²) in [5, 5.41) is 0. The van der Waals surface area contributed by atoms with Crippen LogP contribution in [0.4, 0.5) is 0 Å². The summed E-state index contributed by atoms with van der Waals surface area (Å²) < 4.78 is 6.38. The predicted molar refractivity (Wildman–Crippen MR) is 60.2 cm³/mol. The summed E-state index contributed by atoms with van der Waals surface area (Å²) in [6.07, 6.45) is 0.446. The average molecular weight is 256 g/mol. The van der Waals surface area contributed by atoms with Crippen molar-refractivity contribution in [2.45, 2.75) is 12.6 Å². The molecular weight excluding hydrogens is 242 g/mol. The Balaban J connectivity index is 1.87. The Morgan fingerprint density at radius 3 is 2.93 bits per heavy atom. The van der Waals surface area contributed by atoms with Crippen molar-refractivity contribution in [1.82, 2.24) is 4.90 Å². The minimum atomic E-state index is 0.446. The van der Waals surface area contributed by atoms with Crippen molar-refractivity contribution >= 4 is 15.9 Å². The maximum absolute atomic E-state index is 5.23. The molecule has 2 nitrogen and oxygen atoms in total. The molecule has 0 bridgehead atoms. The molecule has 1 aliphatic heterocycles. The number of ether oxygens (including phenoxy) is 1. The third kappa shape index (κ3) is 2.35. The van der Waals surface area contributed by atoms with Gasteiger partial charge in [-0.05, 0) is 17.7 Å². The van der Waals surface area contributed by atoms with Gasteiger partial charge >= 0.3 is 0 Å². The van der Waals surface area contributed by atoms with Crippen molar-refractivity contribution in [2.24, 2.45) is 0 Å². The second kappa shape index (κ2) is 4.43. The van der Waals surface area contributed by atoms with Crippen LogP contribution in [0.1, 0.15) is 5.56 Å². The number of rotatable bonds is 3. The van der Waals surface area contributed by atoms with E-state index < -0.39 is 0 Å². The van der Waals surface area contributed by atoms with Gasteiger partial charge < -0.3 is 4.74 Å². The molecule has 1 aliphatic rings. The van der Waals surface area contributed by atoms with E-state index in [4.69, 9.17) is 4.74 Å². The monoisotopic (exact) mass is 255 g/mol. The Hall–Kier alpha value is -0.380. The van der Waals surface area contributed by atoms with Crippen LogP contribution in [0.5, 0.6) is 0 Å². The lowest BCUT2D eigenvalue weighted by Crippen LogP contribution is -2.50. The van der Waals surface area contributed by atoms with Crippen LogP contribution in [0, 0.1) is 0 Å². The maximum Gasteiger partial charge on any atom is 0.0825 e. The molecule has 0 aliphatic carbocycles. The Morgan fingerprint density at radius 2 is 2.29 bits per heavy atom. The van der Waals surface area contributed by atoms with E-state index in [1.165, 1.54) is 5.56 Å². The van der Waals surface area contributed by atoms with Crippen LogP contribution in [0.25, 0.3) is 0 Å². The molecule has 76 valence electrons. The summed E-state index contributed by atoms with van der Waals surface area (Å²) in [5.41, 5.74) is 1.36. The first-order valence-corrected chi connectivity index (χ1v) is 5.57. The highest BCUT2D eigenvalue weighted by Gasteiger charge is 2.25. The van der Waals surface area contributed by atoms with Crippen molar-refractivity contribution in [1.29, 1.82) is 0 Å². The van der Waals surface area contributed by atoms with E-state index in [2.05, 4.69) is 45.1 Å². The largest absolute Gasteiger partial charge is 0.379 e. The summed E-state index contributed by atoms with van der Waals surface area (Å²) in [7, 11) is 1.78. The van der Waals surface area contributed by atoms with Crippen molar-refractivity contribution < 1.29 is 4.74 Å². The van der Waals surface area contributed by atoms with Crippen LogP contribution in [-0.2, 0) is 11.3 Å². The third-order valence-corrected chi connectivity index (χ3v) is 3.05. The zero-order chi connectivity index (χ0) is 9.97. The Bertz CT molecular complexity index is 310. The summed E-state index contributed by atoms with van der Waals surface area (Å²) in [4.78, 5) is 2.38. The van der Waals surface area contributed by atoms with Gasteiger partial charge in [-0.1, -0.05) is 28.1 Å². The average Bonchev–Trinajstić information content (AvgIpc) is 2.10. The normalized spacial score (nSPS) is 18.1. The highest BCUT2D eigenvalue weighted by Crippen LogP contribution is 2.17. The number of halogens is 1.